The molecule has 0 radical (unpaired) electrons. The normalized spacial score (nSPS) is 37.2. The molecule has 85 heavy (non-hydrogen) atoms. The van der Waals surface area contributed by atoms with E-state index in [2.05, 4.69) is 64.9 Å². The van der Waals surface area contributed by atoms with Crippen molar-refractivity contribution in [3.63, 3.8) is 0 Å². The molecular formula is C61H112I2O22. The Morgan fingerprint density at radius 3 is 1.08 bits per heavy atom. The van der Waals surface area contributed by atoms with E-state index in [-0.39, 0.29) is 93.6 Å². The number of aliphatic hydroxyl groups excluding tert-OH is 4. The maximum atomic E-state index is 10.4. The zero-order valence-electron chi connectivity index (χ0n) is 51.6. The Kier molecular flexibility index (Phi) is 45.4. The molecule has 8 fully saturated rings. The van der Waals surface area contributed by atoms with Gasteiger partial charge in [-0.1, -0.05) is 79.8 Å². The highest BCUT2D eigenvalue weighted by Crippen LogP contribution is 2.45. The fourth-order valence-electron chi connectivity index (χ4n) is 13.1. The Balaban J connectivity index is 0.000000987. The van der Waals surface area contributed by atoms with Crippen LogP contribution in [0.4, 0.5) is 0 Å². The lowest BCUT2D eigenvalue weighted by Gasteiger charge is -2.22. The van der Waals surface area contributed by atoms with E-state index in [1.807, 2.05) is 4.93 Å². The Hall–Kier alpha value is -1.10. The summed E-state index contributed by atoms with van der Waals surface area (Å²) in [6.07, 6.45) is 4.74. The summed E-state index contributed by atoms with van der Waals surface area (Å²) in [6.45, 7) is 16.3. The smallest absolute Gasteiger partial charge is 0.293 e. The van der Waals surface area contributed by atoms with Crippen molar-refractivity contribution in [3.8, 4) is 0 Å². The molecule has 4 unspecified atom stereocenters. The summed E-state index contributed by atoms with van der Waals surface area (Å²) in [5.74, 6) is 2.60. The summed E-state index contributed by atoms with van der Waals surface area (Å²) in [5.41, 5.74) is 2.55. The van der Waals surface area contributed by atoms with E-state index in [1.54, 1.807) is 85.3 Å². The number of halogens is 2. The number of carbonyl (C=O) groups excluding carboxylic acids is 2. The van der Waals surface area contributed by atoms with Gasteiger partial charge in [0, 0.05) is 183 Å². The van der Waals surface area contributed by atoms with Gasteiger partial charge < -0.3 is 96.2 Å². The molecule has 4 N–H and O–H groups in total. The molecule has 2 aliphatic heterocycles. The Bertz CT molecular complexity index is 1710. The van der Waals surface area contributed by atoms with Gasteiger partial charge in [-0.3, -0.25) is 9.59 Å². The highest BCUT2D eigenvalue weighted by Gasteiger charge is 2.51. The predicted octanol–water partition coefficient (Wildman–Crippen LogP) is 6.30. The van der Waals surface area contributed by atoms with Crippen LogP contribution in [0.15, 0.2) is 36.5 Å². The first-order valence-electron chi connectivity index (χ1n) is 28.3. The molecule has 2 saturated heterocycles. The molecule has 24 heteroatoms. The lowest BCUT2D eigenvalue weighted by atomic mass is 9.93. The molecule has 0 amide bonds. The van der Waals surface area contributed by atoms with Crippen LogP contribution in [0.2, 0.25) is 0 Å². The van der Waals surface area contributed by atoms with Crippen molar-refractivity contribution < 1.29 is 106 Å². The van der Waals surface area contributed by atoms with Gasteiger partial charge in [0.15, 0.2) is 12.6 Å². The van der Waals surface area contributed by atoms with Crippen molar-refractivity contribution in [2.45, 2.75) is 152 Å². The number of aliphatic hydroxyl groups is 4. The monoisotopic (exact) mass is 1450 g/mol. The minimum Gasteiger partial charge on any atom is -0.464 e. The molecular weight excluding hydrogens is 1340 g/mol. The SMILES string of the molecule is C.C.C=C1[C@H](O)C[C@H](OC)[C@H]1COC.C=C1[C@H](O)C[C@H](OC)[C@H]1COC.C=C1[C@H](OC=O)C[C@H](OC)[C@H]1COC.CI.COC[C@@H]1C(OC)C[C@H]2OC(O)CC12.COC[C@H]1[C@@H]2CC(O)O[C@@H]2C[C@@H]1OC.COC[C@H]1[C@H](CI)[C@H](OC=O)C[C@@H]1OC. The van der Waals surface area contributed by atoms with E-state index < -0.39 is 24.8 Å². The molecule has 22 nitrogen and oxygen atoms in total. The summed E-state index contributed by atoms with van der Waals surface area (Å²) in [5, 5.41) is 37.7. The number of methoxy groups -OCH3 is 12. The molecule has 2 heterocycles. The molecule has 0 bridgehead atoms. The maximum Gasteiger partial charge on any atom is 0.293 e. The molecule has 6 saturated carbocycles. The first kappa shape index (κ1) is 83.9. The number of alkyl halides is 2. The number of hydrogen-bond donors (Lipinski definition) is 4. The predicted molar refractivity (Wildman–Crippen MR) is 340 cm³/mol. The molecule has 0 aromatic rings. The van der Waals surface area contributed by atoms with Gasteiger partial charge in [-0.05, 0) is 33.5 Å². The molecule has 0 aromatic heterocycles. The van der Waals surface area contributed by atoms with E-state index >= 15 is 0 Å². The highest BCUT2D eigenvalue weighted by atomic mass is 127. The van der Waals surface area contributed by atoms with Gasteiger partial charge in [0.25, 0.3) is 12.9 Å². The van der Waals surface area contributed by atoms with Gasteiger partial charge in [0.05, 0.1) is 101 Å². The van der Waals surface area contributed by atoms with Crippen LogP contribution in [-0.2, 0) is 85.4 Å². The average Bonchev–Trinajstić information content (AvgIpc) is 3.22. The summed E-state index contributed by atoms with van der Waals surface area (Å²) in [7, 11) is 20.1. The molecule has 8 aliphatic rings. The van der Waals surface area contributed by atoms with Gasteiger partial charge in [-0.2, -0.15) is 0 Å². The molecule has 23 atom stereocenters. The molecule has 6 aliphatic carbocycles. The third-order valence-corrected chi connectivity index (χ3v) is 18.5. The lowest BCUT2D eigenvalue weighted by Crippen LogP contribution is -2.29. The first-order valence-corrected chi connectivity index (χ1v) is 31.9. The van der Waals surface area contributed by atoms with E-state index in [0.29, 0.717) is 107 Å². The summed E-state index contributed by atoms with van der Waals surface area (Å²) >= 11 is 4.47. The maximum absolute atomic E-state index is 10.4. The van der Waals surface area contributed by atoms with E-state index in [1.165, 1.54) is 0 Å². The van der Waals surface area contributed by atoms with Crippen LogP contribution in [0.5, 0.6) is 0 Å². The van der Waals surface area contributed by atoms with Crippen molar-refractivity contribution in [1.82, 2.24) is 0 Å². The summed E-state index contributed by atoms with van der Waals surface area (Å²) in [6, 6.07) is 0. The third kappa shape index (κ3) is 24.5. The van der Waals surface area contributed by atoms with Crippen LogP contribution in [0.25, 0.3) is 0 Å². The number of hydrogen-bond acceptors (Lipinski definition) is 22. The van der Waals surface area contributed by atoms with E-state index in [4.69, 9.17) is 75.8 Å². The van der Waals surface area contributed by atoms with Gasteiger partial charge >= 0.3 is 0 Å². The van der Waals surface area contributed by atoms with Gasteiger partial charge in [0.2, 0.25) is 0 Å². The van der Waals surface area contributed by atoms with Crippen molar-refractivity contribution in [2.24, 2.45) is 53.3 Å². The average molecular weight is 1450 g/mol. The van der Waals surface area contributed by atoms with Crippen LogP contribution in [-0.4, -0.2) is 254 Å². The zero-order chi connectivity index (χ0) is 62.3. The van der Waals surface area contributed by atoms with E-state index in [0.717, 1.165) is 53.3 Å². The van der Waals surface area contributed by atoms with Crippen LogP contribution < -0.4 is 0 Å². The number of ether oxygens (including phenoxy) is 16. The van der Waals surface area contributed by atoms with Gasteiger partial charge in [0.1, 0.15) is 12.2 Å². The highest BCUT2D eigenvalue weighted by molar-refractivity contribution is 14.1. The fraction of sp³-hybridized carbons (Fsp3) is 0.869. The summed E-state index contributed by atoms with van der Waals surface area (Å²) < 4.78 is 84.4. The quantitative estimate of drug-likeness (QED) is 0.0378. The second-order valence-corrected chi connectivity index (χ2v) is 22.6. The standard InChI is InChI=1S/C10H17IO4.2C10H18O4.C10H16O4.2C9H16O3.CH3I.2CH4/c1-13-5-8-7(4-11)10(15-6-12)3-9(8)14-2;2*1-12-5-7-6-3-10(11)14-9(6)4-8(7)13-2;1-7-8(5-12-2)10(13-3)4-9(7)14-6-11;2*1-6-7(5-11-2)9(12-3)4-8(6)10;1-2;;/h6-10H,3-5H2,1-2H3;2*6-11H,3-5H2,1-2H3;6,8-10H,1,4-5H2,2-3H3;2*7-10H,1,4-5H2,2-3H3;1H3;2*1H4/t7-,8-,9-,10+;6?,7-,8?,9+,10?;6-,7-,8-,9+,10?;8-,9+,10-;2*7-,8+,9-;;;/m000000.../s1. The Morgan fingerprint density at radius 1 is 0.424 bits per heavy atom. The minimum atomic E-state index is -0.581. The largest absolute Gasteiger partial charge is 0.464 e. The van der Waals surface area contributed by atoms with Gasteiger partial charge in [-0.25, -0.2) is 0 Å². The van der Waals surface area contributed by atoms with Crippen LogP contribution in [0.3, 0.4) is 0 Å². The van der Waals surface area contributed by atoms with Crippen molar-refractivity contribution in [1.29, 1.82) is 0 Å². The third-order valence-electron chi connectivity index (χ3n) is 17.5. The molecule has 502 valence electrons. The van der Waals surface area contributed by atoms with E-state index in [9.17, 15) is 30.0 Å². The zero-order valence-corrected chi connectivity index (χ0v) is 55.9. The molecule has 8 rings (SSSR count). The summed E-state index contributed by atoms with van der Waals surface area (Å²) in [4.78, 5) is 22.6. The minimum absolute atomic E-state index is 0. The van der Waals surface area contributed by atoms with Gasteiger partial charge in [-0.15, -0.1) is 0 Å². The molecule has 0 spiro atoms. The topological polar surface area (TPSA) is 263 Å². The lowest BCUT2D eigenvalue weighted by molar-refractivity contribution is -0.135. The van der Waals surface area contributed by atoms with Crippen LogP contribution >= 0.6 is 45.2 Å². The first-order chi connectivity index (χ1) is 39.9. The Morgan fingerprint density at radius 2 is 0.753 bits per heavy atom. The Labute approximate surface area is 536 Å². The van der Waals surface area contributed by atoms with Crippen molar-refractivity contribution in [2.75, 3.05) is 134 Å². The van der Waals surface area contributed by atoms with Crippen molar-refractivity contribution in [3.05, 3.63) is 36.5 Å². The number of fused-ring (bicyclic) bond motifs is 2. The second-order valence-electron chi connectivity index (χ2n) is 21.7. The van der Waals surface area contributed by atoms with Crippen molar-refractivity contribution >= 4 is 58.1 Å². The second kappa shape index (κ2) is 46.0. The number of rotatable bonds is 23. The van der Waals surface area contributed by atoms with Crippen LogP contribution in [0.1, 0.15) is 66.2 Å². The molecule has 0 aromatic carbocycles. The number of carbonyl (C=O) groups is 2. The fourth-order valence-corrected chi connectivity index (χ4v) is 14.3. The van der Waals surface area contributed by atoms with Crippen LogP contribution in [0, 0.1) is 53.3 Å².